The quantitative estimate of drug-likeness (QED) is 0.421. The van der Waals surface area contributed by atoms with Crippen molar-refractivity contribution in [3.63, 3.8) is 0 Å². The molecule has 3 heterocycles. The van der Waals surface area contributed by atoms with Gasteiger partial charge in [-0.15, -0.1) is 0 Å². The van der Waals surface area contributed by atoms with Gasteiger partial charge in [0.1, 0.15) is 23.0 Å². The molecule has 2 aromatic heterocycles. The zero-order valence-corrected chi connectivity index (χ0v) is 16.2. The number of nitrogens with zero attached hydrogens (tertiary/aromatic N) is 4. The molecule has 0 fully saturated rings. The predicted molar refractivity (Wildman–Crippen MR) is 113 cm³/mol. The minimum absolute atomic E-state index is 0.284. The Morgan fingerprint density at radius 2 is 1.63 bits per heavy atom. The molecule has 1 aliphatic rings. The van der Waals surface area contributed by atoms with Crippen molar-refractivity contribution >= 4 is 11.0 Å². The largest absolute Gasteiger partial charge is 0.355 e. The number of benzene rings is 3. The van der Waals surface area contributed by atoms with Crippen LogP contribution in [0.1, 0.15) is 11.9 Å². The normalized spacial score (nSPS) is 14.8. The molecule has 6 rings (SSSR count). The molecule has 0 saturated heterocycles. The minimum Gasteiger partial charge on any atom is -0.355 e. The van der Waals surface area contributed by atoms with E-state index in [1.165, 1.54) is 12.1 Å². The number of ether oxygens (including phenoxy) is 1. The first-order chi connectivity index (χ1) is 14.8. The molecule has 0 radical (unpaired) electrons. The summed E-state index contributed by atoms with van der Waals surface area (Å²) in [6.07, 6.45) is -0.391. The van der Waals surface area contributed by atoms with E-state index in [1.54, 1.807) is 19.2 Å². The first-order valence-corrected chi connectivity index (χ1v) is 9.70. The maximum atomic E-state index is 13.6. The molecule has 1 aliphatic heterocycles. The van der Waals surface area contributed by atoms with Crippen LogP contribution in [0, 0.1) is 5.82 Å². The molecule has 0 bridgehead atoms. The Labute approximate surface area is 172 Å². The average molecular weight is 396 g/mol. The van der Waals surface area contributed by atoms with Gasteiger partial charge in [-0.3, -0.25) is 4.57 Å². The van der Waals surface area contributed by atoms with Crippen LogP contribution in [0.2, 0.25) is 0 Å². The van der Waals surface area contributed by atoms with Crippen LogP contribution in [-0.2, 0) is 4.74 Å². The number of fused-ring (bicyclic) bond motifs is 5. The summed E-state index contributed by atoms with van der Waals surface area (Å²) in [6, 6.07) is 24.4. The lowest BCUT2D eigenvalue weighted by molar-refractivity contribution is 0.0829. The Balaban J connectivity index is 1.70. The molecule has 5 aromatic rings. The Hall–Kier alpha value is -3.77. The van der Waals surface area contributed by atoms with Gasteiger partial charge in [0.05, 0.1) is 22.3 Å². The van der Waals surface area contributed by atoms with Crippen molar-refractivity contribution in [2.75, 3.05) is 7.11 Å². The molecule has 0 amide bonds. The molecule has 0 N–H and O–H groups in total. The van der Waals surface area contributed by atoms with E-state index in [2.05, 4.69) is 4.57 Å². The van der Waals surface area contributed by atoms with Crippen LogP contribution in [0.3, 0.4) is 0 Å². The summed E-state index contributed by atoms with van der Waals surface area (Å²) in [5.41, 5.74) is 6.32. The van der Waals surface area contributed by atoms with E-state index in [0.717, 1.165) is 45.1 Å². The van der Waals surface area contributed by atoms with Crippen LogP contribution in [0.25, 0.3) is 39.4 Å². The fraction of sp³-hybridized carbons (Fsp3) is 0.0833. The van der Waals surface area contributed by atoms with Gasteiger partial charge in [-0.05, 0) is 36.4 Å². The van der Waals surface area contributed by atoms with Gasteiger partial charge in [0, 0.05) is 12.7 Å². The zero-order chi connectivity index (χ0) is 20.2. The lowest BCUT2D eigenvalue weighted by atomic mass is 10.1. The second-order valence-corrected chi connectivity index (χ2v) is 7.25. The van der Waals surface area contributed by atoms with Gasteiger partial charge >= 0.3 is 0 Å². The van der Waals surface area contributed by atoms with Crippen molar-refractivity contribution < 1.29 is 9.13 Å². The lowest BCUT2D eigenvalue weighted by Crippen LogP contribution is -2.13. The van der Waals surface area contributed by atoms with Gasteiger partial charge < -0.3 is 4.74 Å². The number of para-hydroxylation sites is 2. The Kier molecular flexibility index (Phi) is 3.63. The minimum atomic E-state index is -0.391. The van der Waals surface area contributed by atoms with Crippen LogP contribution in [0.15, 0.2) is 78.9 Å². The zero-order valence-electron chi connectivity index (χ0n) is 16.2. The molecule has 1 atom stereocenters. The fourth-order valence-corrected chi connectivity index (χ4v) is 4.25. The standard InChI is InChI=1S/C24H17FN4O/c1-30-24-22-20(23-26-18-9-5-6-10-19(18)28(23)24)21(15-7-3-2-4-8-15)27-29(22)17-13-11-16(25)12-14-17/h2-14,24H,1H3/t24-/m1/s1. The van der Waals surface area contributed by atoms with E-state index in [1.807, 2.05) is 59.3 Å². The summed E-state index contributed by atoms with van der Waals surface area (Å²) < 4.78 is 23.5. The highest BCUT2D eigenvalue weighted by Crippen LogP contribution is 2.47. The van der Waals surface area contributed by atoms with Crippen molar-refractivity contribution in [3.8, 4) is 28.3 Å². The average Bonchev–Trinajstić information content (AvgIpc) is 3.43. The fourth-order valence-electron chi connectivity index (χ4n) is 4.25. The van der Waals surface area contributed by atoms with E-state index in [4.69, 9.17) is 14.8 Å². The first-order valence-electron chi connectivity index (χ1n) is 9.70. The van der Waals surface area contributed by atoms with E-state index < -0.39 is 6.23 Å². The second-order valence-electron chi connectivity index (χ2n) is 7.25. The van der Waals surface area contributed by atoms with E-state index >= 15 is 0 Å². The van der Waals surface area contributed by atoms with Crippen molar-refractivity contribution in [2.45, 2.75) is 6.23 Å². The van der Waals surface area contributed by atoms with Gasteiger partial charge in [-0.2, -0.15) is 5.10 Å². The van der Waals surface area contributed by atoms with Crippen LogP contribution in [0.4, 0.5) is 4.39 Å². The topological polar surface area (TPSA) is 44.9 Å². The summed E-state index contributed by atoms with van der Waals surface area (Å²) >= 11 is 0. The Bertz CT molecular complexity index is 1390. The highest BCUT2D eigenvalue weighted by atomic mass is 19.1. The Morgan fingerprint density at radius 1 is 0.900 bits per heavy atom. The maximum Gasteiger partial charge on any atom is 0.179 e. The number of aromatic nitrogens is 4. The van der Waals surface area contributed by atoms with Gasteiger partial charge in [0.2, 0.25) is 0 Å². The van der Waals surface area contributed by atoms with Crippen LogP contribution in [0.5, 0.6) is 0 Å². The van der Waals surface area contributed by atoms with Crippen molar-refractivity contribution in [3.05, 3.63) is 90.4 Å². The number of methoxy groups -OCH3 is 1. The molecule has 5 nitrogen and oxygen atoms in total. The molecule has 30 heavy (non-hydrogen) atoms. The van der Waals surface area contributed by atoms with Gasteiger partial charge in [-0.1, -0.05) is 42.5 Å². The van der Waals surface area contributed by atoms with Crippen LogP contribution < -0.4 is 0 Å². The van der Waals surface area contributed by atoms with Gasteiger partial charge in [0.15, 0.2) is 6.23 Å². The number of hydrogen-bond acceptors (Lipinski definition) is 3. The first kappa shape index (κ1) is 17.1. The van der Waals surface area contributed by atoms with Crippen molar-refractivity contribution in [1.29, 1.82) is 0 Å². The number of imidazole rings is 1. The number of rotatable bonds is 3. The summed E-state index contributed by atoms with van der Waals surface area (Å²) in [7, 11) is 1.68. The molecular formula is C24H17FN4O. The van der Waals surface area contributed by atoms with Crippen LogP contribution >= 0.6 is 0 Å². The third-order valence-corrected chi connectivity index (χ3v) is 5.55. The summed E-state index contributed by atoms with van der Waals surface area (Å²) in [5.74, 6) is 0.540. The predicted octanol–water partition coefficient (Wildman–Crippen LogP) is 5.20. The molecular weight excluding hydrogens is 379 g/mol. The van der Waals surface area contributed by atoms with E-state index in [9.17, 15) is 4.39 Å². The molecule has 6 heteroatoms. The lowest BCUT2D eigenvalue weighted by Gasteiger charge is -2.16. The van der Waals surface area contributed by atoms with E-state index in [-0.39, 0.29) is 5.82 Å². The highest BCUT2D eigenvalue weighted by Gasteiger charge is 2.39. The third kappa shape index (κ3) is 2.31. The second kappa shape index (κ2) is 6.37. The van der Waals surface area contributed by atoms with Crippen molar-refractivity contribution in [2.24, 2.45) is 0 Å². The molecule has 0 unspecified atom stereocenters. The third-order valence-electron chi connectivity index (χ3n) is 5.55. The Morgan fingerprint density at radius 3 is 2.40 bits per heavy atom. The highest BCUT2D eigenvalue weighted by molar-refractivity contribution is 5.89. The smallest absolute Gasteiger partial charge is 0.179 e. The van der Waals surface area contributed by atoms with Crippen molar-refractivity contribution in [1.82, 2.24) is 19.3 Å². The molecule has 146 valence electrons. The summed E-state index contributed by atoms with van der Waals surface area (Å²) in [6.45, 7) is 0. The SMILES string of the molecule is CO[C@@H]1c2c(c(-c3ccccc3)nn2-c2ccc(F)cc2)-c2nc3ccccc3n21. The van der Waals surface area contributed by atoms with E-state index in [0.29, 0.717) is 0 Å². The number of halogens is 1. The van der Waals surface area contributed by atoms with Gasteiger partial charge in [-0.25, -0.2) is 14.1 Å². The molecule has 0 aliphatic carbocycles. The summed E-state index contributed by atoms with van der Waals surface area (Å²) in [4.78, 5) is 4.91. The molecule has 0 saturated carbocycles. The molecule has 0 spiro atoms. The van der Waals surface area contributed by atoms with Gasteiger partial charge in [0.25, 0.3) is 0 Å². The van der Waals surface area contributed by atoms with Crippen LogP contribution in [-0.4, -0.2) is 26.4 Å². The molecule has 3 aromatic carbocycles. The summed E-state index contributed by atoms with van der Waals surface area (Å²) in [5, 5.41) is 4.93. The number of hydrogen-bond donors (Lipinski definition) is 0. The monoisotopic (exact) mass is 396 g/mol. The maximum absolute atomic E-state index is 13.6.